The van der Waals surface area contributed by atoms with Gasteiger partial charge in [-0.15, -0.1) is 0 Å². The number of carbonyl (C=O) groups excluding carboxylic acids is 1. The summed E-state index contributed by atoms with van der Waals surface area (Å²) in [5, 5.41) is 3.12. The summed E-state index contributed by atoms with van der Waals surface area (Å²) >= 11 is 0. The van der Waals surface area contributed by atoms with Crippen LogP contribution in [0.1, 0.15) is 12.5 Å². The molecule has 2 rings (SSSR count). The molecule has 104 valence electrons. The fourth-order valence-corrected chi connectivity index (χ4v) is 3.65. The standard InChI is InChI=1S/C13H18N2O3S/c1-11(16)9-12-3-2-4-13(10-12)19(17,18)15-7-5-14-6-8-15/h2-4,10,14H,5-9H2,1H3. The van der Waals surface area contributed by atoms with Gasteiger partial charge >= 0.3 is 0 Å². The minimum Gasteiger partial charge on any atom is -0.314 e. The lowest BCUT2D eigenvalue weighted by atomic mass is 10.1. The van der Waals surface area contributed by atoms with Crippen molar-refractivity contribution in [2.75, 3.05) is 26.2 Å². The lowest BCUT2D eigenvalue weighted by Crippen LogP contribution is -2.46. The number of hydrogen-bond acceptors (Lipinski definition) is 4. The zero-order chi connectivity index (χ0) is 13.9. The first-order valence-corrected chi connectivity index (χ1v) is 7.73. The van der Waals surface area contributed by atoms with E-state index in [1.165, 1.54) is 11.2 Å². The molecule has 0 bridgehead atoms. The molecule has 0 aliphatic carbocycles. The van der Waals surface area contributed by atoms with Gasteiger partial charge in [0.25, 0.3) is 0 Å². The van der Waals surface area contributed by atoms with Crippen LogP contribution >= 0.6 is 0 Å². The number of carbonyl (C=O) groups is 1. The maximum absolute atomic E-state index is 12.4. The zero-order valence-corrected chi connectivity index (χ0v) is 11.7. The second-order valence-corrected chi connectivity index (χ2v) is 6.62. The van der Waals surface area contributed by atoms with Gasteiger partial charge in [0.1, 0.15) is 5.78 Å². The third-order valence-corrected chi connectivity index (χ3v) is 4.96. The van der Waals surface area contributed by atoms with E-state index < -0.39 is 10.0 Å². The van der Waals surface area contributed by atoms with Crippen molar-refractivity contribution in [1.82, 2.24) is 9.62 Å². The molecule has 0 unspecified atom stereocenters. The predicted octanol–water partition coefficient (Wildman–Crippen LogP) is 0.412. The number of nitrogens with zero attached hydrogens (tertiary/aromatic N) is 1. The van der Waals surface area contributed by atoms with E-state index in [-0.39, 0.29) is 17.1 Å². The Hall–Kier alpha value is -1.24. The molecule has 19 heavy (non-hydrogen) atoms. The van der Waals surface area contributed by atoms with Gasteiger partial charge in [-0.25, -0.2) is 8.42 Å². The summed E-state index contributed by atoms with van der Waals surface area (Å²) in [5.41, 5.74) is 0.740. The fourth-order valence-electron chi connectivity index (χ4n) is 2.14. The van der Waals surface area contributed by atoms with Crippen LogP contribution in [0.4, 0.5) is 0 Å². The second kappa shape index (κ2) is 5.81. The van der Waals surface area contributed by atoms with Crippen molar-refractivity contribution in [3.05, 3.63) is 29.8 Å². The van der Waals surface area contributed by atoms with E-state index in [2.05, 4.69) is 5.32 Å². The molecule has 1 aromatic carbocycles. The van der Waals surface area contributed by atoms with Crippen molar-refractivity contribution in [2.24, 2.45) is 0 Å². The zero-order valence-electron chi connectivity index (χ0n) is 10.9. The van der Waals surface area contributed by atoms with Crippen LogP contribution < -0.4 is 5.32 Å². The highest BCUT2D eigenvalue weighted by Gasteiger charge is 2.25. The molecular formula is C13H18N2O3S. The number of sulfonamides is 1. The van der Waals surface area contributed by atoms with Gasteiger partial charge in [0.2, 0.25) is 10.0 Å². The van der Waals surface area contributed by atoms with Crippen LogP contribution in [0.2, 0.25) is 0 Å². The smallest absolute Gasteiger partial charge is 0.243 e. The van der Waals surface area contributed by atoms with E-state index in [4.69, 9.17) is 0 Å². The fraction of sp³-hybridized carbons (Fsp3) is 0.462. The summed E-state index contributed by atoms with van der Waals surface area (Å²) in [6.45, 7) is 3.81. The normalized spacial score (nSPS) is 17.3. The molecule has 0 radical (unpaired) electrons. The summed E-state index contributed by atoms with van der Waals surface area (Å²) in [5.74, 6) is 0.0247. The summed E-state index contributed by atoms with van der Waals surface area (Å²) in [6.07, 6.45) is 0.269. The highest BCUT2D eigenvalue weighted by molar-refractivity contribution is 7.89. The highest BCUT2D eigenvalue weighted by Crippen LogP contribution is 2.18. The second-order valence-electron chi connectivity index (χ2n) is 4.68. The molecule has 1 fully saturated rings. The molecule has 1 aromatic rings. The van der Waals surface area contributed by atoms with Gasteiger partial charge in [-0.05, 0) is 24.6 Å². The first kappa shape index (κ1) is 14.2. The summed E-state index contributed by atoms with van der Waals surface area (Å²) in [7, 11) is -3.44. The van der Waals surface area contributed by atoms with Crippen molar-refractivity contribution in [3.8, 4) is 0 Å². The molecular weight excluding hydrogens is 264 g/mol. The number of hydrogen-bond donors (Lipinski definition) is 1. The SMILES string of the molecule is CC(=O)Cc1cccc(S(=O)(=O)N2CCNCC2)c1. The number of Topliss-reactive ketones (excluding diaryl/α,β-unsaturated/α-hetero) is 1. The summed E-state index contributed by atoms with van der Waals surface area (Å²) < 4.78 is 26.4. The molecule has 0 aromatic heterocycles. The van der Waals surface area contributed by atoms with Crippen LogP contribution in [0, 0.1) is 0 Å². The third kappa shape index (κ3) is 3.40. The highest BCUT2D eigenvalue weighted by atomic mass is 32.2. The van der Waals surface area contributed by atoms with Crippen molar-refractivity contribution in [3.63, 3.8) is 0 Å². The summed E-state index contributed by atoms with van der Waals surface area (Å²) in [4.78, 5) is 11.4. The monoisotopic (exact) mass is 282 g/mol. The molecule has 1 aliphatic rings. The number of rotatable bonds is 4. The quantitative estimate of drug-likeness (QED) is 0.869. The largest absolute Gasteiger partial charge is 0.314 e. The Bertz CT molecular complexity index is 563. The van der Waals surface area contributed by atoms with Gasteiger partial charge in [0.05, 0.1) is 4.90 Å². The summed E-state index contributed by atoms with van der Waals surface area (Å²) in [6, 6.07) is 6.64. The number of piperazine rings is 1. The first-order valence-electron chi connectivity index (χ1n) is 6.29. The molecule has 6 heteroatoms. The molecule has 0 saturated carbocycles. The molecule has 5 nitrogen and oxygen atoms in total. The van der Waals surface area contributed by atoms with Crippen molar-refractivity contribution >= 4 is 15.8 Å². The van der Waals surface area contributed by atoms with Crippen LogP contribution in [-0.4, -0.2) is 44.7 Å². The van der Waals surface area contributed by atoms with Gasteiger partial charge in [-0.2, -0.15) is 4.31 Å². The molecule has 1 N–H and O–H groups in total. The Labute approximate surface area is 113 Å². The van der Waals surface area contributed by atoms with E-state index in [0.717, 1.165) is 5.56 Å². The minimum absolute atomic E-state index is 0.0247. The topological polar surface area (TPSA) is 66.5 Å². The molecule has 1 aliphatic heterocycles. The van der Waals surface area contributed by atoms with E-state index in [1.807, 2.05) is 0 Å². The van der Waals surface area contributed by atoms with Crippen LogP contribution in [-0.2, 0) is 21.2 Å². The van der Waals surface area contributed by atoms with Gasteiger partial charge in [-0.1, -0.05) is 12.1 Å². The minimum atomic E-state index is -3.44. The van der Waals surface area contributed by atoms with Crippen LogP contribution in [0.5, 0.6) is 0 Å². The Kier molecular flexibility index (Phi) is 4.34. The maximum Gasteiger partial charge on any atom is 0.243 e. The van der Waals surface area contributed by atoms with Crippen LogP contribution in [0.25, 0.3) is 0 Å². The Morgan fingerprint density at radius 2 is 2.00 bits per heavy atom. The molecule has 0 atom stereocenters. The van der Waals surface area contributed by atoms with E-state index in [0.29, 0.717) is 26.2 Å². The molecule has 0 spiro atoms. The average molecular weight is 282 g/mol. The van der Waals surface area contributed by atoms with Crippen molar-refractivity contribution < 1.29 is 13.2 Å². The molecule has 1 heterocycles. The predicted molar refractivity (Wildman–Crippen MR) is 72.5 cm³/mol. The van der Waals surface area contributed by atoms with Gasteiger partial charge in [0.15, 0.2) is 0 Å². The lowest BCUT2D eigenvalue weighted by molar-refractivity contribution is -0.116. The Morgan fingerprint density at radius 1 is 1.32 bits per heavy atom. The maximum atomic E-state index is 12.4. The molecule has 1 saturated heterocycles. The number of nitrogens with one attached hydrogen (secondary N) is 1. The van der Waals surface area contributed by atoms with Crippen molar-refractivity contribution in [2.45, 2.75) is 18.2 Å². The van der Waals surface area contributed by atoms with Crippen LogP contribution in [0.3, 0.4) is 0 Å². The third-order valence-electron chi connectivity index (χ3n) is 3.07. The van der Waals surface area contributed by atoms with Gasteiger partial charge in [0, 0.05) is 32.6 Å². The average Bonchev–Trinajstić information content (AvgIpc) is 2.39. The Balaban J connectivity index is 2.26. The molecule has 0 amide bonds. The van der Waals surface area contributed by atoms with Gasteiger partial charge in [-0.3, -0.25) is 4.79 Å². The number of ketones is 1. The van der Waals surface area contributed by atoms with E-state index >= 15 is 0 Å². The lowest BCUT2D eigenvalue weighted by Gasteiger charge is -2.26. The Morgan fingerprint density at radius 3 is 2.63 bits per heavy atom. The van der Waals surface area contributed by atoms with Crippen molar-refractivity contribution in [1.29, 1.82) is 0 Å². The first-order chi connectivity index (χ1) is 9.00. The van der Waals surface area contributed by atoms with E-state index in [9.17, 15) is 13.2 Å². The van der Waals surface area contributed by atoms with E-state index in [1.54, 1.807) is 24.3 Å². The number of benzene rings is 1. The van der Waals surface area contributed by atoms with Gasteiger partial charge < -0.3 is 5.32 Å². The van der Waals surface area contributed by atoms with Crippen LogP contribution in [0.15, 0.2) is 29.2 Å².